The number of hydrogen-bond donors (Lipinski definition) is 2. The van der Waals surface area contributed by atoms with Crippen molar-refractivity contribution in [1.29, 1.82) is 0 Å². The molecule has 5 heteroatoms. The van der Waals surface area contributed by atoms with Crippen LogP contribution in [0, 0.1) is 17.3 Å². The molecule has 28 heavy (non-hydrogen) atoms. The van der Waals surface area contributed by atoms with Gasteiger partial charge in [0.05, 0.1) is 18.3 Å². The Balaban J connectivity index is 1.93. The van der Waals surface area contributed by atoms with Gasteiger partial charge < -0.3 is 19.7 Å². The molecule has 0 aliphatic heterocycles. The molecule has 0 radical (unpaired) electrons. The van der Waals surface area contributed by atoms with Gasteiger partial charge in [0.15, 0.2) is 11.5 Å². The molecule has 1 saturated carbocycles. The normalized spacial score (nSPS) is 32.5. The molecule has 1 fully saturated rings. The topological polar surface area (TPSA) is 76.0 Å². The molecule has 1 aromatic rings. The van der Waals surface area contributed by atoms with Gasteiger partial charge in [0.2, 0.25) is 0 Å². The number of phenolic OH excluding ortho intramolecular Hbond substituents is 1. The second-order valence-corrected chi connectivity index (χ2v) is 9.07. The number of hydrogen-bond acceptors (Lipinski definition) is 5. The van der Waals surface area contributed by atoms with Crippen molar-refractivity contribution < 1.29 is 24.5 Å². The van der Waals surface area contributed by atoms with Crippen LogP contribution in [0.25, 0.3) is 0 Å². The molecule has 154 valence electrons. The Morgan fingerprint density at radius 2 is 2.00 bits per heavy atom. The maximum Gasteiger partial charge on any atom is 0.338 e. The summed E-state index contributed by atoms with van der Waals surface area (Å²) in [5, 5.41) is 21.3. The van der Waals surface area contributed by atoms with Gasteiger partial charge in [-0.1, -0.05) is 32.4 Å². The van der Waals surface area contributed by atoms with E-state index in [0.717, 1.165) is 19.3 Å². The van der Waals surface area contributed by atoms with Gasteiger partial charge >= 0.3 is 5.97 Å². The number of phenols is 1. The molecular formula is C23H32O5. The van der Waals surface area contributed by atoms with E-state index in [1.807, 2.05) is 13.8 Å². The molecule has 0 aromatic heterocycles. The van der Waals surface area contributed by atoms with Crippen molar-refractivity contribution in [3.8, 4) is 11.5 Å². The lowest BCUT2D eigenvalue weighted by Gasteiger charge is -2.43. The molecule has 1 aromatic carbocycles. The molecule has 2 aliphatic rings. The number of rotatable bonds is 4. The fourth-order valence-corrected chi connectivity index (χ4v) is 5.09. The Bertz CT molecular complexity index is 783. The first-order valence-corrected chi connectivity index (χ1v) is 10.1. The van der Waals surface area contributed by atoms with Gasteiger partial charge in [-0.15, -0.1) is 0 Å². The van der Waals surface area contributed by atoms with E-state index in [9.17, 15) is 15.0 Å². The van der Waals surface area contributed by atoms with Crippen molar-refractivity contribution in [3.05, 3.63) is 35.4 Å². The number of benzene rings is 1. The van der Waals surface area contributed by atoms with E-state index < -0.39 is 17.7 Å². The minimum Gasteiger partial charge on any atom is -0.504 e. The van der Waals surface area contributed by atoms with Crippen LogP contribution in [0.1, 0.15) is 63.7 Å². The summed E-state index contributed by atoms with van der Waals surface area (Å²) in [6, 6.07) is 4.44. The predicted molar refractivity (Wildman–Crippen MR) is 107 cm³/mol. The minimum absolute atomic E-state index is 0.0233. The van der Waals surface area contributed by atoms with E-state index in [-0.39, 0.29) is 28.7 Å². The molecule has 3 rings (SSSR count). The highest BCUT2D eigenvalue weighted by Crippen LogP contribution is 2.58. The van der Waals surface area contributed by atoms with Crippen LogP contribution in [0.2, 0.25) is 0 Å². The van der Waals surface area contributed by atoms with E-state index in [1.165, 1.54) is 30.9 Å². The van der Waals surface area contributed by atoms with Gasteiger partial charge in [0.25, 0.3) is 0 Å². The molecule has 2 N–H and O–H groups in total. The van der Waals surface area contributed by atoms with Crippen LogP contribution in [0.5, 0.6) is 11.5 Å². The van der Waals surface area contributed by atoms with Crippen LogP contribution >= 0.6 is 0 Å². The second-order valence-electron chi connectivity index (χ2n) is 9.07. The van der Waals surface area contributed by atoms with Crippen LogP contribution in [0.3, 0.4) is 0 Å². The largest absolute Gasteiger partial charge is 0.504 e. The molecule has 0 amide bonds. The summed E-state index contributed by atoms with van der Waals surface area (Å²) in [5.41, 5.74) is 0.551. The number of aromatic hydroxyl groups is 1. The lowest BCUT2D eigenvalue weighted by atomic mass is 9.67. The van der Waals surface area contributed by atoms with Crippen molar-refractivity contribution in [2.45, 2.75) is 65.1 Å². The van der Waals surface area contributed by atoms with Crippen LogP contribution in [-0.4, -0.2) is 35.0 Å². The van der Waals surface area contributed by atoms with Crippen LogP contribution in [-0.2, 0) is 4.74 Å². The van der Waals surface area contributed by atoms with E-state index >= 15 is 0 Å². The summed E-state index contributed by atoms with van der Waals surface area (Å²) < 4.78 is 11.1. The molecule has 0 unspecified atom stereocenters. The first-order valence-electron chi connectivity index (χ1n) is 10.1. The summed E-state index contributed by atoms with van der Waals surface area (Å²) in [7, 11) is 1.44. The molecule has 0 bridgehead atoms. The average Bonchev–Trinajstić information content (AvgIpc) is 2.85. The number of allylic oxidation sites excluding steroid dienone is 1. The van der Waals surface area contributed by atoms with Crippen molar-refractivity contribution in [3.63, 3.8) is 0 Å². The standard InChI is InChI=1S/C23H32O5/c1-14(2)23(26)11-10-22(4)9-8-15(3)12-19(20(22)23)28-21(25)16-6-7-17(24)18(13-16)27-5/h6-8,13-14,19-20,24,26H,9-12H2,1-5H3/t19-,20+,22+,23-/m0/s1. The smallest absolute Gasteiger partial charge is 0.338 e. The zero-order chi connectivity index (χ0) is 20.7. The number of carbonyl (C=O) groups is 1. The van der Waals surface area contributed by atoms with Crippen molar-refractivity contribution in [1.82, 2.24) is 0 Å². The Hall–Kier alpha value is -2.01. The zero-order valence-electron chi connectivity index (χ0n) is 17.5. The van der Waals surface area contributed by atoms with Gasteiger partial charge in [-0.25, -0.2) is 4.79 Å². The Morgan fingerprint density at radius 1 is 1.29 bits per heavy atom. The molecular weight excluding hydrogens is 356 g/mol. The first-order chi connectivity index (χ1) is 13.1. The first kappa shape index (κ1) is 20.7. The Kier molecular flexibility index (Phi) is 5.50. The zero-order valence-corrected chi connectivity index (χ0v) is 17.5. The minimum atomic E-state index is -0.856. The van der Waals surface area contributed by atoms with Gasteiger partial charge in [0.1, 0.15) is 6.10 Å². The average molecular weight is 389 g/mol. The lowest BCUT2D eigenvalue weighted by molar-refractivity contribution is -0.112. The van der Waals surface area contributed by atoms with E-state index in [1.54, 1.807) is 0 Å². The van der Waals surface area contributed by atoms with Crippen molar-refractivity contribution in [2.75, 3.05) is 7.11 Å². The SMILES string of the molecule is COc1cc(C(=O)O[C@H]2CC(C)=CC[C@]3(C)CC[C@](O)(C(C)C)[C@H]23)ccc1O. The van der Waals surface area contributed by atoms with E-state index in [0.29, 0.717) is 12.0 Å². The fourth-order valence-electron chi connectivity index (χ4n) is 5.09. The molecule has 0 spiro atoms. The summed E-state index contributed by atoms with van der Waals surface area (Å²) in [4.78, 5) is 12.9. The maximum absolute atomic E-state index is 12.9. The van der Waals surface area contributed by atoms with Crippen molar-refractivity contribution in [2.24, 2.45) is 17.3 Å². The van der Waals surface area contributed by atoms with Crippen molar-refractivity contribution >= 4 is 5.97 Å². The molecule has 5 nitrogen and oxygen atoms in total. The predicted octanol–water partition coefficient (Wildman–Crippen LogP) is 4.47. The third kappa shape index (κ3) is 3.52. The van der Waals surface area contributed by atoms with E-state index in [2.05, 4.69) is 19.9 Å². The monoisotopic (exact) mass is 388 g/mol. The number of esters is 1. The highest BCUT2D eigenvalue weighted by Gasteiger charge is 2.59. The molecule has 0 saturated heterocycles. The third-order valence-corrected chi connectivity index (χ3v) is 6.87. The van der Waals surface area contributed by atoms with Crippen LogP contribution in [0.15, 0.2) is 29.8 Å². The summed E-state index contributed by atoms with van der Waals surface area (Å²) in [6.45, 7) is 8.35. The molecule has 2 aliphatic carbocycles. The number of fused-ring (bicyclic) bond motifs is 1. The summed E-state index contributed by atoms with van der Waals surface area (Å²) in [5.74, 6) is -0.302. The number of carbonyl (C=O) groups excluding carboxylic acids is 1. The van der Waals surface area contributed by atoms with E-state index in [4.69, 9.17) is 9.47 Å². The number of methoxy groups -OCH3 is 1. The Morgan fingerprint density at radius 3 is 2.64 bits per heavy atom. The third-order valence-electron chi connectivity index (χ3n) is 6.87. The summed E-state index contributed by atoms with van der Waals surface area (Å²) >= 11 is 0. The molecule has 4 atom stereocenters. The molecule has 0 heterocycles. The highest BCUT2D eigenvalue weighted by atomic mass is 16.5. The Labute approximate surface area is 167 Å². The van der Waals surface area contributed by atoms with Gasteiger partial charge in [0, 0.05) is 12.3 Å². The van der Waals surface area contributed by atoms with Crippen LogP contribution in [0.4, 0.5) is 0 Å². The highest BCUT2D eigenvalue weighted by molar-refractivity contribution is 5.90. The maximum atomic E-state index is 12.9. The van der Waals surface area contributed by atoms with Gasteiger partial charge in [-0.3, -0.25) is 0 Å². The quantitative estimate of drug-likeness (QED) is 0.588. The van der Waals surface area contributed by atoms with Crippen LogP contribution < -0.4 is 4.74 Å². The second kappa shape index (κ2) is 7.43. The summed E-state index contributed by atoms with van der Waals surface area (Å²) in [6.07, 6.45) is 4.98. The fraction of sp³-hybridized carbons (Fsp3) is 0.609. The van der Waals surface area contributed by atoms with Gasteiger partial charge in [-0.05, 0) is 55.7 Å². The lowest BCUT2D eigenvalue weighted by Crippen LogP contribution is -2.50. The number of aliphatic hydroxyl groups is 1. The van der Waals surface area contributed by atoms with Gasteiger partial charge in [-0.2, -0.15) is 0 Å². The number of ether oxygens (including phenoxy) is 2.